The van der Waals surface area contributed by atoms with Gasteiger partial charge in [0.05, 0.1) is 18.0 Å². The summed E-state index contributed by atoms with van der Waals surface area (Å²) < 4.78 is 27.2. The van der Waals surface area contributed by atoms with E-state index in [1.54, 1.807) is 0 Å². The standard InChI is InChI=1S/C23H29N5O2S/c1-2-24-23(25-13-11-19-17-27-21-9-5-4-8-20(19)21)26-14-16-31(29,30)28-15-12-18-7-3-6-10-22(18)28/h3-10,17,27H,2,11-16H2,1H3,(H2,24,25,26). The van der Waals surface area contributed by atoms with E-state index in [9.17, 15) is 8.42 Å². The predicted molar refractivity (Wildman–Crippen MR) is 127 cm³/mol. The van der Waals surface area contributed by atoms with Gasteiger partial charge in [-0.25, -0.2) is 8.42 Å². The lowest BCUT2D eigenvalue weighted by Gasteiger charge is -2.19. The fraction of sp³-hybridized carbons (Fsp3) is 0.348. The molecule has 0 aliphatic carbocycles. The summed E-state index contributed by atoms with van der Waals surface area (Å²) >= 11 is 0. The molecule has 0 radical (unpaired) electrons. The average molecular weight is 440 g/mol. The van der Waals surface area contributed by atoms with Gasteiger partial charge in [-0.2, -0.15) is 0 Å². The summed E-state index contributed by atoms with van der Waals surface area (Å²) in [6, 6.07) is 15.9. The summed E-state index contributed by atoms with van der Waals surface area (Å²) in [4.78, 5) is 7.78. The zero-order chi connectivity index (χ0) is 21.7. The van der Waals surface area contributed by atoms with Gasteiger partial charge in [0.2, 0.25) is 10.0 Å². The minimum absolute atomic E-state index is 0.0135. The molecule has 2 heterocycles. The molecule has 0 unspecified atom stereocenters. The van der Waals surface area contributed by atoms with E-state index in [-0.39, 0.29) is 12.3 Å². The fourth-order valence-electron chi connectivity index (χ4n) is 3.98. The van der Waals surface area contributed by atoms with Crippen LogP contribution in [0.2, 0.25) is 0 Å². The second-order valence-corrected chi connectivity index (χ2v) is 9.58. The highest BCUT2D eigenvalue weighted by Gasteiger charge is 2.28. The second-order valence-electron chi connectivity index (χ2n) is 7.56. The third-order valence-corrected chi connectivity index (χ3v) is 7.25. The molecule has 2 aromatic carbocycles. The minimum atomic E-state index is -3.40. The van der Waals surface area contributed by atoms with Gasteiger partial charge in [-0.1, -0.05) is 36.4 Å². The molecule has 0 spiro atoms. The maximum absolute atomic E-state index is 12.8. The lowest BCUT2D eigenvalue weighted by molar-refractivity contribution is 0.592. The van der Waals surface area contributed by atoms with Crippen molar-refractivity contribution < 1.29 is 8.42 Å². The number of sulfonamides is 1. The Morgan fingerprint density at radius 2 is 1.94 bits per heavy atom. The highest BCUT2D eigenvalue weighted by molar-refractivity contribution is 7.92. The first kappa shape index (κ1) is 21.2. The van der Waals surface area contributed by atoms with Crippen molar-refractivity contribution in [3.63, 3.8) is 0 Å². The van der Waals surface area contributed by atoms with Crippen LogP contribution in [-0.2, 0) is 22.9 Å². The monoisotopic (exact) mass is 439 g/mol. The topological polar surface area (TPSA) is 89.6 Å². The molecule has 0 atom stereocenters. The van der Waals surface area contributed by atoms with Crippen molar-refractivity contribution in [3.8, 4) is 0 Å². The third kappa shape index (κ3) is 4.85. The third-order valence-electron chi connectivity index (χ3n) is 5.51. The number of nitrogens with zero attached hydrogens (tertiary/aromatic N) is 2. The van der Waals surface area contributed by atoms with E-state index >= 15 is 0 Å². The molecule has 4 rings (SSSR count). The Hall–Kier alpha value is -3.00. The maximum Gasteiger partial charge on any atom is 0.237 e. The second kappa shape index (κ2) is 9.43. The van der Waals surface area contributed by atoms with Gasteiger partial charge in [0.1, 0.15) is 0 Å². The van der Waals surface area contributed by atoms with E-state index in [1.807, 2.05) is 49.5 Å². The Labute approximate surface area is 183 Å². The number of benzene rings is 2. The Kier molecular flexibility index (Phi) is 6.46. The van der Waals surface area contributed by atoms with Crippen molar-refractivity contribution in [2.24, 2.45) is 4.99 Å². The lowest BCUT2D eigenvalue weighted by Crippen LogP contribution is -2.39. The number of guanidine groups is 1. The van der Waals surface area contributed by atoms with Crippen LogP contribution in [0.1, 0.15) is 18.1 Å². The van der Waals surface area contributed by atoms with E-state index in [2.05, 4.69) is 32.7 Å². The van der Waals surface area contributed by atoms with Gasteiger partial charge in [0.15, 0.2) is 5.96 Å². The molecule has 3 N–H and O–H groups in total. The van der Waals surface area contributed by atoms with Crippen LogP contribution in [0.5, 0.6) is 0 Å². The lowest BCUT2D eigenvalue weighted by atomic mass is 10.1. The normalized spacial score (nSPS) is 14.1. The number of aliphatic imine (C=N–C) groups is 1. The fourth-order valence-corrected chi connectivity index (χ4v) is 5.37. The molecule has 0 bridgehead atoms. The van der Waals surface area contributed by atoms with Crippen LogP contribution in [0, 0.1) is 0 Å². The molecule has 164 valence electrons. The number of hydrogen-bond donors (Lipinski definition) is 3. The van der Waals surface area contributed by atoms with E-state index in [0.29, 0.717) is 25.6 Å². The average Bonchev–Trinajstić information content (AvgIpc) is 3.38. The molecule has 0 saturated heterocycles. The number of aromatic nitrogens is 1. The molecule has 1 aliphatic rings. The Balaban J connectivity index is 1.33. The van der Waals surface area contributed by atoms with Crippen LogP contribution in [0.4, 0.5) is 5.69 Å². The summed E-state index contributed by atoms with van der Waals surface area (Å²) in [5.41, 5.74) is 4.26. The molecule has 3 aromatic rings. The minimum Gasteiger partial charge on any atom is -0.361 e. The first-order valence-corrected chi connectivity index (χ1v) is 12.3. The molecule has 0 amide bonds. The van der Waals surface area contributed by atoms with Crippen molar-refractivity contribution in [1.29, 1.82) is 0 Å². The number of nitrogens with one attached hydrogen (secondary N) is 3. The SMILES string of the molecule is CCNC(=NCCS(=O)(=O)N1CCc2ccccc21)NCCc1c[nH]c2ccccc12. The van der Waals surface area contributed by atoms with E-state index < -0.39 is 10.0 Å². The number of aromatic amines is 1. The van der Waals surface area contributed by atoms with Crippen LogP contribution >= 0.6 is 0 Å². The number of H-pyrrole nitrogens is 1. The predicted octanol–water partition coefficient (Wildman–Crippen LogP) is 2.66. The molecule has 31 heavy (non-hydrogen) atoms. The van der Waals surface area contributed by atoms with Gasteiger partial charge in [-0.15, -0.1) is 0 Å². The van der Waals surface area contributed by atoms with Gasteiger partial charge in [-0.3, -0.25) is 9.30 Å². The largest absolute Gasteiger partial charge is 0.361 e. The molecule has 0 fully saturated rings. The number of rotatable bonds is 8. The van der Waals surface area contributed by atoms with Crippen molar-refractivity contribution in [1.82, 2.24) is 15.6 Å². The van der Waals surface area contributed by atoms with Gasteiger partial charge in [-0.05, 0) is 43.0 Å². The zero-order valence-corrected chi connectivity index (χ0v) is 18.6. The summed E-state index contributed by atoms with van der Waals surface area (Å²) in [6.45, 7) is 4.14. The quantitative estimate of drug-likeness (QED) is 0.372. The van der Waals surface area contributed by atoms with Gasteiger partial charge >= 0.3 is 0 Å². The van der Waals surface area contributed by atoms with Gasteiger partial charge < -0.3 is 15.6 Å². The number of hydrogen-bond acceptors (Lipinski definition) is 3. The number of para-hydroxylation sites is 2. The molecular formula is C23H29N5O2S. The molecule has 1 aromatic heterocycles. The Bertz CT molecular complexity index is 1170. The Morgan fingerprint density at radius 3 is 2.81 bits per heavy atom. The summed E-state index contributed by atoms with van der Waals surface area (Å²) in [5.74, 6) is 0.625. The van der Waals surface area contributed by atoms with Crippen molar-refractivity contribution in [2.45, 2.75) is 19.8 Å². The van der Waals surface area contributed by atoms with Crippen LogP contribution in [0.3, 0.4) is 0 Å². The molecular weight excluding hydrogens is 410 g/mol. The van der Waals surface area contributed by atoms with E-state index in [1.165, 1.54) is 15.3 Å². The highest BCUT2D eigenvalue weighted by Crippen LogP contribution is 2.29. The van der Waals surface area contributed by atoms with Crippen molar-refractivity contribution >= 4 is 32.6 Å². The van der Waals surface area contributed by atoms with E-state index in [0.717, 1.165) is 29.6 Å². The molecule has 7 nitrogen and oxygen atoms in total. The Morgan fingerprint density at radius 1 is 1.13 bits per heavy atom. The number of fused-ring (bicyclic) bond motifs is 2. The summed E-state index contributed by atoms with van der Waals surface area (Å²) in [7, 11) is -3.40. The van der Waals surface area contributed by atoms with Crippen molar-refractivity contribution in [3.05, 3.63) is 65.9 Å². The van der Waals surface area contributed by atoms with Crippen molar-refractivity contribution in [2.75, 3.05) is 36.2 Å². The molecule has 1 aliphatic heterocycles. The van der Waals surface area contributed by atoms with Crippen LogP contribution in [0.25, 0.3) is 10.9 Å². The van der Waals surface area contributed by atoms with Gasteiger partial charge in [0.25, 0.3) is 0 Å². The first-order valence-electron chi connectivity index (χ1n) is 10.7. The maximum atomic E-state index is 12.8. The smallest absolute Gasteiger partial charge is 0.237 e. The number of anilines is 1. The highest BCUT2D eigenvalue weighted by atomic mass is 32.2. The van der Waals surface area contributed by atoms with Crippen LogP contribution < -0.4 is 14.9 Å². The first-order chi connectivity index (χ1) is 15.1. The summed E-state index contributed by atoms with van der Waals surface area (Å²) in [5, 5.41) is 7.73. The van der Waals surface area contributed by atoms with Gasteiger partial charge in [0, 0.05) is 36.7 Å². The van der Waals surface area contributed by atoms with E-state index in [4.69, 9.17) is 0 Å². The summed E-state index contributed by atoms with van der Waals surface area (Å²) in [6.07, 6.45) is 3.64. The zero-order valence-electron chi connectivity index (χ0n) is 17.8. The molecule has 0 saturated carbocycles. The molecule has 8 heteroatoms. The van der Waals surface area contributed by atoms with Crippen LogP contribution in [-0.4, -0.2) is 51.3 Å². The van der Waals surface area contributed by atoms with Crippen LogP contribution in [0.15, 0.2) is 59.7 Å².